The van der Waals surface area contributed by atoms with Gasteiger partial charge in [0.1, 0.15) is 12.1 Å². The number of halogens is 1. The number of hydrogen-bond donors (Lipinski definition) is 2. The van der Waals surface area contributed by atoms with E-state index in [2.05, 4.69) is 24.5 Å². The number of rotatable bonds is 11. The average Bonchev–Trinajstić information content (AvgIpc) is 3.52. The Kier molecular flexibility index (Phi) is 10.3. The van der Waals surface area contributed by atoms with E-state index >= 15 is 0 Å². The number of aryl methyl sites for hydroxylation is 1. The van der Waals surface area contributed by atoms with Gasteiger partial charge in [-0.15, -0.1) is 0 Å². The van der Waals surface area contributed by atoms with Gasteiger partial charge in [0.25, 0.3) is 0 Å². The van der Waals surface area contributed by atoms with E-state index in [4.69, 9.17) is 21.3 Å². The Morgan fingerprint density at radius 2 is 1.85 bits per heavy atom. The minimum atomic E-state index is -3.42. The highest BCUT2D eigenvalue weighted by molar-refractivity contribution is 7.90. The molecular weight excluding hydrogens is 554 g/mol. The number of carbonyl (C=O) groups is 1. The first-order chi connectivity index (χ1) is 18.5. The fraction of sp³-hybridized carbons (Fsp3) is 0.655. The first-order valence-corrected chi connectivity index (χ1v) is 17.3. The molecule has 1 heterocycles. The van der Waals surface area contributed by atoms with Crippen LogP contribution in [0.3, 0.4) is 0 Å². The predicted octanol–water partition coefficient (Wildman–Crippen LogP) is 6.64. The van der Waals surface area contributed by atoms with Crippen molar-refractivity contribution in [3.05, 3.63) is 28.9 Å². The van der Waals surface area contributed by atoms with Crippen molar-refractivity contribution in [2.75, 3.05) is 18.1 Å². The van der Waals surface area contributed by atoms with E-state index in [1.807, 2.05) is 13.0 Å². The summed E-state index contributed by atoms with van der Waals surface area (Å²) < 4.78 is 30.0. The van der Waals surface area contributed by atoms with E-state index in [9.17, 15) is 13.2 Å². The van der Waals surface area contributed by atoms with Crippen molar-refractivity contribution in [3.63, 3.8) is 0 Å². The van der Waals surface area contributed by atoms with Gasteiger partial charge < -0.3 is 15.4 Å². The summed E-state index contributed by atoms with van der Waals surface area (Å²) in [4.78, 5) is 18.7. The topological polar surface area (TPSA) is 97.4 Å². The van der Waals surface area contributed by atoms with Crippen molar-refractivity contribution in [1.82, 2.24) is 10.3 Å². The van der Waals surface area contributed by atoms with Gasteiger partial charge in [-0.25, -0.2) is 13.4 Å². The number of anilines is 1. The second kappa shape index (κ2) is 13.3. The van der Waals surface area contributed by atoms with Crippen LogP contribution in [0.4, 0.5) is 5.13 Å². The quantitative estimate of drug-likeness (QED) is 0.281. The van der Waals surface area contributed by atoms with Crippen molar-refractivity contribution >= 4 is 43.9 Å². The molecule has 0 unspecified atom stereocenters. The summed E-state index contributed by atoms with van der Waals surface area (Å²) in [6.07, 6.45) is 10.6. The Hall–Kier alpha value is -1.68. The molecule has 0 bridgehead atoms. The highest BCUT2D eigenvalue weighted by Gasteiger charge is 2.30. The Bertz CT molecular complexity index is 1230. The average molecular weight is 596 g/mol. The number of nitrogens with zero attached hydrogens (tertiary/aromatic N) is 1. The number of benzene rings is 1. The fourth-order valence-electron chi connectivity index (χ4n) is 5.67. The molecule has 0 spiro atoms. The summed E-state index contributed by atoms with van der Waals surface area (Å²) >= 11 is 7.66. The third kappa shape index (κ3) is 8.41. The third-order valence-electron chi connectivity index (χ3n) is 7.79. The number of nitrogens with one attached hydrogen (secondary N) is 2. The van der Waals surface area contributed by atoms with Crippen LogP contribution in [0.2, 0.25) is 5.02 Å². The van der Waals surface area contributed by atoms with E-state index in [-0.39, 0.29) is 28.0 Å². The minimum absolute atomic E-state index is 0.0707. The molecule has 0 amide bonds. The van der Waals surface area contributed by atoms with Gasteiger partial charge in [-0.2, -0.15) is 0 Å². The van der Waals surface area contributed by atoms with E-state index in [0.29, 0.717) is 17.9 Å². The van der Waals surface area contributed by atoms with Crippen LogP contribution in [0, 0.1) is 18.8 Å². The molecule has 1 aromatic heterocycles. The number of carbonyl (C=O) groups excluding carboxylic acids is 1. The molecular formula is C29H42ClN3O4S2. The first kappa shape index (κ1) is 30.3. The van der Waals surface area contributed by atoms with Crippen molar-refractivity contribution in [3.8, 4) is 10.4 Å². The molecule has 10 heteroatoms. The molecule has 2 saturated carbocycles. The maximum absolute atomic E-state index is 12.9. The molecule has 4 rings (SSSR count). The SMILES string of the molecule is Cc1nc(NCC2CCC(N[C@@H](CC(C)C)C(=O)OC3CCCC3)CC2)sc1-c1ccc(Cl)c(S(C)(=O)=O)c1. The number of hydrogen-bond acceptors (Lipinski definition) is 8. The molecule has 0 saturated heterocycles. The summed E-state index contributed by atoms with van der Waals surface area (Å²) in [5.74, 6) is 0.896. The van der Waals surface area contributed by atoms with Crippen LogP contribution in [0.15, 0.2) is 23.1 Å². The van der Waals surface area contributed by atoms with Crippen molar-refractivity contribution in [2.45, 2.75) is 102 Å². The summed E-state index contributed by atoms with van der Waals surface area (Å²) in [5, 5.41) is 8.22. The Morgan fingerprint density at radius 3 is 2.49 bits per heavy atom. The molecule has 2 aromatic rings. The van der Waals surface area contributed by atoms with Crippen molar-refractivity contribution in [2.24, 2.45) is 11.8 Å². The number of thiazole rings is 1. The van der Waals surface area contributed by atoms with Gasteiger partial charge in [-0.3, -0.25) is 4.79 Å². The van der Waals surface area contributed by atoms with E-state index in [0.717, 1.165) is 85.6 Å². The summed E-state index contributed by atoms with van der Waals surface area (Å²) in [6.45, 7) is 7.09. The van der Waals surface area contributed by atoms with Crippen LogP contribution in [-0.4, -0.2) is 50.4 Å². The normalized spacial score (nSPS) is 21.3. The van der Waals surface area contributed by atoms with Gasteiger partial charge in [0.15, 0.2) is 15.0 Å². The molecule has 1 aromatic carbocycles. The molecule has 2 aliphatic rings. The predicted molar refractivity (Wildman–Crippen MR) is 159 cm³/mol. The largest absolute Gasteiger partial charge is 0.461 e. The van der Waals surface area contributed by atoms with Gasteiger partial charge in [0.2, 0.25) is 0 Å². The second-order valence-corrected chi connectivity index (χ2v) is 15.0. The highest BCUT2D eigenvalue weighted by atomic mass is 35.5. The smallest absolute Gasteiger partial charge is 0.323 e. The molecule has 7 nitrogen and oxygen atoms in total. The molecule has 1 atom stereocenters. The number of ether oxygens (including phenoxy) is 1. The standard InChI is InChI=1S/C29H42ClN3O4S2/c1-18(2)15-25(28(34)37-23-7-5-6-8-23)33-22-12-9-20(10-13-22)17-31-29-32-19(3)27(38-29)21-11-14-24(30)26(16-21)39(4,35)36/h11,14,16,18,20,22-23,25,33H,5-10,12-13,15,17H2,1-4H3,(H,31,32)/t20?,22?,25-/m0/s1. The van der Waals surface area contributed by atoms with Crippen LogP contribution in [0.25, 0.3) is 10.4 Å². The molecule has 0 radical (unpaired) electrons. The Balaban J connectivity index is 1.29. The molecule has 0 aliphatic heterocycles. The molecule has 2 fully saturated rings. The highest BCUT2D eigenvalue weighted by Crippen LogP contribution is 2.36. The lowest BCUT2D eigenvalue weighted by Crippen LogP contribution is -2.47. The number of aromatic nitrogens is 1. The van der Waals surface area contributed by atoms with Crippen molar-refractivity contribution in [1.29, 1.82) is 0 Å². The van der Waals surface area contributed by atoms with E-state index in [1.54, 1.807) is 12.1 Å². The Morgan fingerprint density at radius 1 is 1.15 bits per heavy atom. The van der Waals surface area contributed by atoms with Crippen LogP contribution in [-0.2, 0) is 19.4 Å². The van der Waals surface area contributed by atoms with E-state index in [1.165, 1.54) is 17.6 Å². The first-order valence-electron chi connectivity index (χ1n) is 14.2. The zero-order chi connectivity index (χ0) is 28.2. The number of sulfone groups is 1. The lowest BCUT2D eigenvalue weighted by molar-refractivity contribution is -0.152. The zero-order valence-corrected chi connectivity index (χ0v) is 25.9. The molecule has 39 heavy (non-hydrogen) atoms. The van der Waals surface area contributed by atoms with Crippen LogP contribution < -0.4 is 10.6 Å². The molecule has 216 valence electrons. The van der Waals surface area contributed by atoms with Gasteiger partial charge in [0, 0.05) is 18.8 Å². The molecule has 2 N–H and O–H groups in total. The lowest BCUT2D eigenvalue weighted by atomic mass is 9.85. The van der Waals surface area contributed by atoms with Crippen LogP contribution >= 0.6 is 22.9 Å². The monoisotopic (exact) mass is 595 g/mol. The van der Waals surface area contributed by atoms with Gasteiger partial charge in [-0.05, 0) is 94.2 Å². The lowest BCUT2D eigenvalue weighted by Gasteiger charge is -2.32. The maximum Gasteiger partial charge on any atom is 0.323 e. The van der Waals surface area contributed by atoms with Crippen LogP contribution in [0.5, 0.6) is 0 Å². The maximum atomic E-state index is 12.9. The second-order valence-electron chi connectivity index (χ2n) is 11.6. The summed E-state index contributed by atoms with van der Waals surface area (Å²) in [5.41, 5.74) is 1.66. The molecule has 2 aliphatic carbocycles. The van der Waals surface area contributed by atoms with Gasteiger partial charge >= 0.3 is 5.97 Å². The summed E-state index contributed by atoms with van der Waals surface area (Å²) in [6, 6.07) is 5.21. The zero-order valence-electron chi connectivity index (χ0n) is 23.5. The van der Waals surface area contributed by atoms with Gasteiger partial charge in [-0.1, -0.05) is 42.9 Å². The number of esters is 1. The fourth-order valence-corrected chi connectivity index (χ4v) is 7.95. The van der Waals surface area contributed by atoms with Crippen LogP contribution in [0.1, 0.15) is 77.3 Å². The van der Waals surface area contributed by atoms with Gasteiger partial charge in [0.05, 0.1) is 20.5 Å². The summed E-state index contributed by atoms with van der Waals surface area (Å²) in [7, 11) is -3.42. The minimum Gasteiger partial charge on any atom is -0.461 e. The third-order valence-corrected chi connectivity index (χ3v) is 10.5. The van der Waals surface area contributed by atoms with E-state index < -0.39 is 9.84 Å². The van der Waals surface area contributed by atoms with Crippen molar-refractivity contribution < 1.29 is 17.9 Å². The Labute approximate surface area is 242 Å².